The second kappa shape index (κ2) is 5.13. The van der Waals surface area contributed by atoms with Crippen LogP contribution in [0.25, 0.3) is 0 Å². The average Bonchev–Trinajstić information content (AvgIpc) is 2.05. The van der Waals surface area contributed by atoms with Gasteiger partial charge in [0, 0.05) is 0 Å². The fourth-order valence-electron chi connectivity index (χ4n) is 0.803. The van der Waals surface area contributed by atoms with Gasteiger partial charge in [0.1, 0.15) is 6.10 Å². The van der Waals surface area contributed by atoms with Gasteiger partial charge in [0.25, 0.3) is 0 Å². The van der Waals surface area contributed by atoms with Crippen LogP contribution in [0.2, 0.25) is 0 Å². The van der Waals surface area contributed by atoms with E-state index in [0.29, 0.717) is 0 Å². The van der Waals surface area contributed by atoms with Crippen molar-refractivity contribution in [2.45, 2.75) is 13.0 Å². The summed E-state index contributed by atoms with van der Waals surface area (Å²) in [6, 6.07) is 9.86. The van der Waals surface area contributed by atoms with Crippen LogP contribution in [0.3, 0.4) is 0 Å². The first-order chi connectivity index (χ1) is 4.84. The molecule has 1 atom stereocenters. The molecule has 0 radical (unpaired) electrons. The first kappa shape index (κ1) is 10.4. The Bertz CT molecular complexity index is 191. The number of hydrogen-bond donors (Lipinski definition) is 1. The zero-order valence-corrected chi connectivity index (χ0v) is 7.17. The van der Waals surface area contributed by atoms with Crippen LogP contribution in [0.15, 0.2) is 30.3 Å². The van der Waals surface area contributed by atoms with E-state index in [1.165, 1.54) is 0 Å². The van der Waals surface area contributed by atoms with Crippen LogP contribution >= 0.6 is 12.4 Å². The van der Waals surface area contributed by atoms with Crippen molar-refractivity contribution in [3.63, 3.8) is 0 Å². The molecular formula is C8H12ClNO. The topological polar surface area (TPSA) is 35.2 Å². The summed E-state index contributed by atoms with van der Waals surface area (Å²) in [5.41, 5.74) is 1.10. The van der Waals surface area contributed by atoms with E-state index in [-0.39, 0.29) is 18.5 Å². The van der Waals surface area contributed by atoms with Gasteiger partial charge in [-0.05, 0) is 12.5 Å². The van der Waals surface area contributed by atoms with Crippen LogP contribution in [-0.2, 0) is 4.84 Å². The molecule has 2 nitrogen and oxygen atoms in total. The van der Waals surface area contributed by atoms with Crippen molar-refractivity contribution >= 4 is 12.4 Å². The first-order valence-electron chi connectivity index (χ1n) is 3.25. The van der Waals surface area contributed by atoms with Gasteiger partial charge in [0.15, 0.2) is 0 Å². The molecule has 1 aromatic carbocycles. The molecule has 1 aromatic rings. The highest BCUT2D eigenvalue weighted by Gasteiger charge is 2.00. The highest BCUT2D eigenvalue weighted by atomic mass is 35.5. The third-order valence-corrected chi connectivity index (χ3v) is 1.47. The highest BCUT2D eigenvalue weighted by molar-refractivity contribution is 5.85. The van der Waals surface area contributed by atoms with Gasteiger partial charge in [-0.1, -0.05) is 30.3 Å². The van der Waals surface area contributed by atoms with Crippen molar-refractivity contribution < 1.29 is 4.84 Å². The summed E-state index contributed by atoms with van der Waals surface area (Å²) >= 11 is 0. The molecule has 0 fully saturated rings. The Kier molecular flexibility index (Phi) is 4.86. The number of halogens is 1. The minimum Gasteiger partial charge on any atom is -0.297 e. The average molecular weight is 174 g/mol. The minimum absolute atomic E-state index is 0. The molecule has 0 bridgehead atoms. The maximum Gasteiger partial charge on any atom is 0.101 e. The van der Waals surface area contributed by atoms with Crippen molar-refractivity contribution in [3.05, 3.63) is 35.9 Å². The van der Waals surface area contributed by atoms with Gasteiger partial charge < -0.3 is 0 Å². The number of hydrogen-bond acceptors (Lipinski definition) is 2. The van der Waals surface area contributed by atoms with Crippen LogP contribution in [0.5, 0.6) is 0 Å². The van der Waals surface area contributed by atoms with Crippen molar-refractivity contribution in [2.24, 2.45) is 5.90 Å². The number of benzene rings is 1. The third kappa shape index (κ3) is 2.89. The van der Waals surface area contributed by atoms with Crippen LogP contribution in [-0.4, -0.2) is 0 Å². The molecule has 0 aliphatic rings. The predicted octanol–water partition coefficient (Wildman–Crippen LogP) is 2.06. The molecule has 3 heteroatoms. The van der Waals surface area contributed by atoms with Gasteiger partial charge >= 0.3 is 0 Å². The zero-order chi connectivity index (χ0) is 7.40. The zero-order valence-electron chi connectivity index (χ0n) is 6.36. The molecule has 0 aromatic heterocycles. The summed E-state index contributed by atoms with van der Waals surface area (Å²) in [7, 11) is 0. The lowest BCUT2D eigenvalue weighted by Crippen LogP contribution is -2.04. The Morgan fingerprint density at radius 3 is 2.27 bits per heavy atom. The summed E-state index contributed by atoms with van der Waals surface area (Å²) in [4.78, 5) is 4.64. The Morgan fingerprint density at radius 1 is 1.27 bits per heavy atom. The van der Waals surface area contributed by atoms with Gasteiger partial charge in [-0.3, -0.25) is 4.84 Å². The molecule has 0 aliphatic heterocycles. The van der Waals surface area contributed by atoms with Crippen LogP contribution in [0, 0.1) is 0 Å². The largest absolute Gasteiger partial charge is 0.297 e. The van der Waals surface area contributed by atoms with Gasteiger partial charge in [-0.15, -0.1) is 12.4 Å². The lowest BCUT2D eigenvalue weighted by Gasteiger charge is -2.06. The third-order valence-electron chi connectivity index (χ3n) is 1.47. The molecule has 0 heterocycles. The summed E-state index contributed by atoms with van der Waals surface area (Å²) in [6.45, 7) is 1.91. The summed E-state index contributed by atoms with van der Waals surface area (Å²) < 4.78 is 0. The lowest BCUT2D eigenvalue weighted by atomic mass is 10.1. The van der Waals surface area contributed by atoms with Crippen molar-refractivity contribution in [3.8, 4) is 0 Å². The second-order valence-corrected chi connectivity index (χ2v) is 2.19. The Balaban J connectivity index is 0.000001000. The Morgan fingerprint density at radius 2 is 1.82 bits per heavy atom. The van der Waals surface area contributed by atoms with E-state index in [2.05, 4.69) is 4.84 Å². The molecule has 0 aliphatic carbocycles. The summed E-state index contributed by atoms with van der Waals surface area (Å²) in [5.74, 6) is 5.00. The predicted molar refractivity (Wildman–Crippen MR) is 47.4 cm³/mol. The standard InChI is InChI=1S/C8H11NO.ClH/c1-7(10-9)8-5-3-2-4-6-8;/h2-7H,9H2,1H3;1H. The van der Waals surface area contributed by atoms with E-state index >= 15 is 0 Å². The highest BCUT2D eigenvalue weighted by Crippen LogP contribution is 2.12. The molecule has 0 spiro atoms. The molecule has 0 saturated carbocycles. The van der Waals surface area contributed by atoms with E-state index in [1.807, 2.05) is 37.3 Å². The Hall–Kier alpha value is -0.570. The molecule has 62 valence electrons. The van der Waals surface area contributed by atoms with Crippen LogP contribution in [0.4, 0.5) is 0 Å². The minimum atomic E-state index is -0.0128. The molecule has 1 rings (SSSR count). The van der Waals surface area contributed by atoms with Crippen molar-refractivity contribution in [2.75, 3.05) is 0 Å². The number of rotatable bonds is 2. The molecule has 2 N–H and O–H groups in total. The van der Waals surface area contributed by atoms with E-state index < -0.39 is 0 Å². The van der Waals surface area contributed by atoms with Gasteiger partial charge in [-0.25, -0.2) is 5.90 Å². The molecular weight excluding hydrogens is 162 g/mol. The van der Waals surface area contributed by atoms with Gasteiger partial charge in [-0.2, -0.15) is 0 Å². The summed E-state index contributed by atoms with van der Waals surface area (Å²) in [5, 5.41) is 0. The van der Waals surface area contributed by atoms with Crippen molar-refractivity contribution in [1.29, 1.82) is 0 Å². The fraction of sp³-hybridized carbons (Fsp3) is 0.250. The monoisotopic (exact) mass is 173 g/mol. The Labute approximate surface area is 72.7 Å². The maximum atomic E-state index is 5.00. The molecule has 0 saturated heterocycles. The van der Waals surface area contributed by atoms with E-state index in [4.69, 9.17) is 5.90 Å². The normalized spacial score (nSPS) is 11.8. The SMILES string of the molecule is CC(ON)c1ccccc1.Cl. The van der Waals surface area contributed by atoms with Crippen LogP contribution in [0.1, 0.15) is 18.6 Å². The quantitative estimate of drug-likeness (QED) is 0.695. The van der Waals surface area contributed by atoms with Gasteiger partial charge in [0.2, 0.25) is 0 Å². The second-order valence-electron chi connectivity index (χ2n) is 2.19. The fourth-order valence-corrected chi connectivity index (χ4v) is 0.803. The van der Waals surface area contributed by atoms with Gasteiger partial charge in [0.05, 0.1) is 0 Å². The number of nitrogens with two attached hydrogens (primary N) is 1. The van der Waals surface area contributed by atoms with E-state index in [9.17, 15) is 0 Å². The smallest absolute Gasteiger partial charge is 0.101 e. The first-order valence-corrected chi connectivity index (χ1v) is 3.25. The van der Waals surface area contributed by atoms with E-state index in [1.54, 1.807) is 0 Å². The van der Waals surface area contributed by atoms with Crippen LogP contribution < -0.4 is 5.90 Å². The molecule has 0 amide bonds. The molecule has 11 heavy (non-hydrogen) atoms. The molecule has 1 unspecified atom stereocenters. The van der Waals surface area contributed by atoms with E-state index in [0.717, 1.165) is 5.56 Å². The lowest BCUT2D eigenvalue weighted by molar-refractivity contribution is 0.0664. The van der Waals surface area contributed by atoms with Crippen molar-refractivity contribution in [1.82, 2.24) is 0 Å². The maximum absolute atomic E-state index is 5.00. The summed E-state index contributed by atoms with van der Waals surface area (Å²) in [6.07, 6.45) is -0.0128.